The topological polar surface area (TPSA) is 79.0 Å². The fourth-order valence-corrected chi connectivity index (χ4v) is 3.13. The third-order valence-corrected chi connectivity index (χ3v) is 4.35. The molecule has 4 rings (SSSR count). The van der Waals surface area contributed by atoms with Gasteiger partial charge in [-0.15, -0.1) is 0 Å². The molecule has 2 aromatic carbocycles. The number of nitrogens with one attached hydrogen (secondary N) is 3. The van der Waals surface area contributed by atoms with Crippen LogP contribution in [-0.2, 0) is 0 Å². The Bertz CT molecular complexity index is 1110. The fraction of sp³-hybridized carbons (Fsp3) is 0.0909. The first-order chi connectivity index (χ1) is 13.8. The molecule has 0 saturated heterocycles. The summed E-state index contributed by atoms with van der Waals surface area (Å²) in [7, 11) is 0. The lowest BCUT2D eigenvalue weighted by molar-refractivity contribution is 0.262. The highest BCUT2D eigenvalue weighted by Crippen LogP contribution is 2.35. The molecule has 3 N–H and O–H groups in total. The number of aromatic amines is 1. The Balaban J connectivity index is 1.67. The lowest BCUT2D eigenvalue weighted by Gasteiger charge is -2.13. The van der Waals surface area contributed by atoms with Crippen molar-refractivity contribution in [1.29, 1.82) is 0 Å². The molecular weight excluding hydrogens is 352 g/mol. The number of rotatable bonds is 5. The van der Waals surface area contributed by atoms with Crippen LogP contribution in [0.2, 0.25) is 0 Å². The Morgan fingerprint density at radius 2 is 1.75 bits per heavy atom. The first-order valence-corrected chi connectivity index (χ1v) is 9.07. The van der Waals surface area contributed by atoms with Crippen LogP contribution in [0.1, 0.15) is 6.92 Å². The predicted octanol–water partition coefficient (Wildman–Crippen LogP) is 5.27. The summed E-state index contributed by atoms with van der Waals surface area (Å²) in [6.07, 6.45) is 3.45. The second kappa shape index (κ2) is 7.84. The first kappa shape index (κ1) is 17.6. The van der Waals surface area contributed by atoms with E-state index in [1.165, 1.54) is 0 Å². The second-order valence-corrected chi connectivity index (χ2v) is 6.16. The normalized spacial score (nSPS) is 10.6. The van der Waals surface area contributed by atoms with Gasteiger partial charge >= 0.3 is 6.03 Å². The number of H-pyrrole nitrogens is 1. The van der Waals surface area contributed by atoms with E-state index in [9.17, 15) is 4.79 Å². The minimum absolute atomic E-state index is 0.341. The Morgan fingerprint density at radius 1 is 1.00 bits per heavy atom. The molecule has 6 heteroatoms. The summed E-state index contributed by atoms with van der Waals surface area (Å²) in [6.45, 7) is 2.43. The SMILES string of the molecule is CCOc1ccccc1NC(=O)Nc1c(-c2ccncc2)[nH]c2ccccc12. The van der Waals surface area contributed by atoms with Crippen molar-refractivity contribution in [2.75, 3.05) is 17.2 Å². The highest BCUT2D eigenvalue weighted by Gasteiger charge is 2.16. The van der Waals surface area contributed by atoms with E-state index in [-0.39, 0.29) is 6.03 Å². The molecule has 0 fully saturated rings. The third-order valence-electron chi connectivity index (χ3n) is 4.35. The van der Waals surface area contributed by atoms with Gasteiger partial charge in [-0.3, -0.25) is 4.98 Å². The van der Waals surface area contributed by atoms with Crippen molar-refractivity contribution in [2.24, 2.45) is 0 Å². The number of carbonyl (C=O) groups is 1. The number of benzene rings is 2. The Morgan fingerprint density at radius 3 is 2.57 bits per heavy atom. The molecule has 28 heavy (non-hydrogen) atoms. The van der Waals surface area contributed by atoms with Crippen molar-refractivity contribution in [3.05, 3.63) is 73.1 Å². The van der Waals surface area contributed by atoms with Crippen LogP contribution in [0, 0.1) is 0 Å². The van der Waals surface area contributed by atoms with Gasteiger partial charge in [0.05, 0.1) is 23.7 Å². The molecule has 0 unspecified atom stereocenters. The maximum atomic E-state index is 12.8. The highest BCUT2D eigenvalue weighted by molar-refractivity contribution is 6.10. The summed E-state index contributed by atoms with van der Waals surface area (Å²) < 4.78 is 5.58. The van der Waals surface area contributed by atoms with Crippen LogP contribution < -0.4 is 15.4 Å². The number of fused-ring (bicyclic) bond motifs is 1. The molecule has 2 aromatic heterocycles. The predicted molar refractivity (Wildman–Crippen MR) is 112 cm³/mol. The average Bonchev–Trinajstić information content (AvgIpc) is 3.09. The number of para-hydroxylation sites is 3. The Hall–Kier alpha value is -3.80. The standard InChI is InChI=1S/C22H20N4O2/c1-2-28-19-10-6-5-9-18(19)25-22(27)26-21-16-7-3-4-8-17(16)24-20(21)15-11-13-23-14-12-15/h3-14,24H,2H2,1H3,(H2,25,26,27). The fourth-order valence-electron chi connectivity index (χ4n) is 3.13. The molecule has 0 aliphatic heterocycles. The maximum absolute atomic E-state index is 12.8. The molecular formula is C22H20N4O2. The number of ether oxygens (including phenoxy) is 1. The van der Waals surface area contributed by atoms with E-state index < -0.39 is 0 Å². The number of amides is 2. The summed E-state index contributed by atoms with van der Waals surface area (Å²) in [6, 6.07) is 18.7. The van der Waals surface area contributed by atoms with Crippen LogP contribution in [0.25, 0.3) is 22.2 Å². The number of hydrogen-bond acceptors (Lipinski definition) is 3. The van der Waals surface area contributed by atoms with Gasteiger partial charge in [0.2, 0.25) is 0 Å². The Kier molecular flexibility index (Phi) is 4.93. The van der Waals surface area contributed by atoms with Crippen LogP contribution in [0.4, 0.5) is 16.2 Å². The molecule has 140 valence electrons. The summed E-state index contributed by atoms with van der Waals surface area (Å²) in [5, 5.41) is 6.80. The van der Waals surface area contributed by atoms with Gasteiger partial charge in [0, 0.05) is 28.9 Å². The summed E-state index contributed by atoms with van der Waals surface area (Å²) >= 11 is 0. The van der Waals surface area contributed by atoms with E-state index in [1.54, 1.807) is 12.4 Å². The van der Waals surface area contributed by atoms with Gasteiger partial charge in [0.15, 0.2) is 0 Å². The lowest BCUT2D eigenvalue weighted by Crippen LogP contribution is -2.20. The molecule has 0 saturated carbocycles. The molecule has 0 spiro atoms. The molecule has 0 aliphatic rings. The van der Waals surface area contributed by atoms with E-state index in [0.717, 1.165) is 22.2 Å². The largest absolute Gasteiger partial charge is 0.492 e. The molecule has 6 nitrogen and oxygen atoms in total. The zero-order chi connectivity index (χ0) is 19.3. The molecule has 0 atom stereocenters. The highest BCUT2D eigenvalue weighted by atomic mass is 16.5. The minimum atomic E-state index is -0.341. The number of pyridine rings is 1. The van der Waals surface area contributed by atoms with Crippen LogP contribution in [0.3, 0.4) is 0 Å². The van der Waals surface area contributed by atoms with Gasteiger partial charge in [-0.2, -0.15) is 0 Å². The quantitative estimate of drug-likeness (QED) is 0.446. The van der Waals surface area contributed by atoms with E-state index in [2.05, 4.69) is 20.6 Å². The van der Waals surface area contributed by atoms with Crippen LogP contribution in [0.5, 0.6) is 5.75 Å². The minimum Gasteiger partial charge on any atom is -0.492 e. The van der Waals surface area contributed by atoms with Crippen LogP contribution in [0.15, 0.2) is 73.1 Å². The van der Waals surface area contributed by atoms with Crippen molar-refractivity contribution in [3.8, 4) is 17.0 Å². The number of aromatic nitrogens is 2. The third kappa shape index (κ3) is 3.53. The van der Waals surface area contributed by atoms with Crippen LogP contribution in [-0.4, -0.2) is 22.6 Å². The van der Waals surface area contributed by atoms with Crippen molar-refractivity contribution < 1.29 is 9.53 Å². The van der Waals surface area contributed by atoms with Gasteiger partial charge in [-0.05, 0) is 37.3 Å². The molecule has 0 aliphatic carbocycles. The number of anilines is 2. The second-order valence-electron chi connectivity index (χ2n) is 6.16. The van der Waals surface area contributed by atoms with Gasteiger partial charge in [0.25, 0.3) is 0 Å². The lowest BCUT2D eigenvalue weighted by atomic mass is 10.1. The average molecular weight is 372 g/mol. The van der Waals surface area contributed by atoms with E-state index >= 15 is 0 Å². The van der Waals surface area contributed by atoms with E-state index in [4.69, 9.17) is 4.74 Å². The number of urea groups is 1. The summed E-state index contributed by atoms with van der Waals surface area (Å²) in [5.41, 5.74) is 4.05. The number of nitrogens with zero attached hydrogens (tertiary/aromatic N) is 1. The van der Waals surface area contributed by atoms with Crippen LogP contribution >= 0.6 is 0 Å². The van der Waals surface area contributed by atoms with Crippen molar-refractivity contribution in [2.45, 2.75) is 6.92 Å². The van der Waals surface area contributed by atoms with Gasteiger partial charge in [-0.25, -0.2) is 4.79 Å². The smallest absolute Gasteiger partial charge is 0.323 e. The molecule has 2 amide bonds. The van der Waals surface area contributed by atoms with Crippen molar-refractivity contribution in [3.63, 3.8) is 0 Å². The first-order valence-electron chi connectivity index (χ1n) is 9.07. The van der Waals surface area contributed by atoms with Crippen molar-refractivity contribution >= 4 is 28.3 Å². The Labute approximate surface area is 162 Å². The van der Waals surface area contributed by atoms with E-state index in [0.29, 0.717) is 23.7 Å². The van der Waals surface area contributed by atoms with Crippen molar-refractivity contribution in [1.82, 2.24) is 9.97 Å². The molecule has 0 bridgehead atoms. The van der Waals surface area contributed by atoms with Gasteiger partial charge in [0.1, 0.15) is 5.75 Å². The monoisotopic (exact) mass is 372 g/mol. The molecule has 4 aromatic rings. The number of hydrogen-bond donors (Lipinski definition) is 3. The van der Waals surface area contributed by atoms with E-state index in [1.807, 2.05) is 67.6 Å². The summed E-state index contributed by atoms with van der Waals surface area (Å²) in [5.74, 6) is 0.633. The maximum Gasteiger partial charge on any atom is 0.323 e. The molecule has 0 radical (unpaired) electrons. The number of carbonyl (C=O) groups excluding carboxylic acids is 1. The van der Waals surface area contributed by atoms with Gasteiger partial charge < -0.3 is 20.4 Å². The van der Waals surface area contributed by atoms with Gasteiger partial charge in [-0.1, -0.05) is 30.3 Å². The molecule has 2 heterocycles. The zero-order valence-corrected chi connectivity index (χ0v) is 15.4. The zero-order valence-electron chi connectivity index (χ0n) is 15.4. The summed E-state index contributed by atoms with van der Waals surface area (Å²) in [4.78, 5) is 20.2.